The van der Waals surface area contributed by atoms with E-state index < -0.39 is 11.7 Å². The minimum absolute atomic E-state index is 0.467. The molecular formula is C17H26F3N3O. The molecule has 0 atom stereocenters. The molecule has 0 N–H and O–H groups in total. The molecule has 4 nitrogen and oxygen atoms in total. The second-order valence-corrected chi connectivity index (χ2v) is 6.36. The summed E-state index contributed by atoms with van der Waals surface area (Å²) in [5.74, 6) is 0. The molecule has 1 aromatic rings. The van der Waals surface area contributed by atoms with Gasteiger partial charge in [-0.3, -0.25) is 4.90 Å². The molecule has 1 heterocycles. The maximum atomic E-state index is 13.1. The number of alkyl halides is 3. The van der Waals surface area contributed by atoms with Crippen molar-refractivity contribution in [3.05, 3.63) is 29.3 Å². The highest BCUT2D eigenvalue weighted by Crippen LogP contribution is 2.33. The smallest absolute Gasteiger partial charge is 0.383 e. The zero-order valence-corrected chi connectivity index (χ0v) is 14.6. The van der Waals surface area contributed by atoms with Gasteiger partial charge in [-0.2, -0.15) is 13.2 Å². The van der Waals surface area contributed by atoms with Crippen LogP contribution in [0.1, 0.15) is 11.1 Å². The average Bonchev–Trinajstić information content (AvgIpc) is 2.53. The number of piperazine rings is 1. The van der Waals surface area contributed by atoms with Crippen LogP contribution in [0.5, 0.6) is 0 Å². The zero-order chi connectivity index (χ0) is 17.7. The third kappa shape index (κ3) is 5.09. The van der Waals surface area contributed by atoms with Gasteiger partial charge >= 0.3 is 6.18 Å². The van der Waals surface area contributed by atoms with E-state index in [0.29, 0.717) is 25.3 Å². The van der Waals surface area contributed by atoms with Gasteiger partial charge in [0, 0.05) is 52.1 Å². The summed E-state index contributed by atoms with van der Waals surface area (Å²) < 4.78 is 44.3. The highest BCUT2D eigenvalue weighted by molar-refractivity contribution is 5.56. The Kier molecular flexibility index (Phi) is 6.48. The Bertz CT molecular complexity index is 528. The standard InChI is InChI=1S/C17H26F3N3O/c1-21-6-8-23(9-7-21)16-5-4-15(17(18,19)20)12-14(16)13-22(2)10-11-24-3/h4-5,12H,6-11,13H2,1-3H3. The van der Waals surface area contributed by atoms with Crippen molar-refractivity contribution in [2.24, 2.45) is 0 Å². The Hall–Kier alpha value is -1.31. The first-order valence-electron chi connectivity index (χ1n) is 8.12. The van der Waals surface area contributed by atoms with Crippen LogP contribution in [-0.4, -0.2) is 70.3 Å². The van der Waals surface area contributed by atoms with Gasteiger partial charge in [0.25, 0.3) is 0 Å². The molecule has 1 aliphatic heterocycles. The molecule has 1 aromatic carbocycles. The van der Waals surface area contributed by atoms with Gasteiger partial charge in [0.2, 0.25) is 0 Å². The number of rotatable bonds is 6. The van der Waals surface area contributed by atoms with Crippen molar-refractivity contribution in [2.45, 2.75) is 12.7 Å². The summed E-state index contributed by atoms with van der Waals surface area (Å²) in [4.78, 5) is 6.39. The average molecular weight is 345 g/mol. The van der Waals surface area contributed by atoms with Crippen molar-refractivity contribution >= 4 is 5.69 Å². The number of likely N-dealkylation sites (N-methyl/N-ethyl adjacent to an activating group) is 2. The molecular weight excluding hydrogens is 319 g/mol. The van der Waals surface area contributed by atoms with Crippen LogP contribution in [0.2, 0.25) is 0 Å². The van der Waals surface area contributed by atoms with Gasteiger partial charge in [0.15, 0.2) is 0 Å². The molecule has 0 aromatic heterocycles. The third-order valence-corrected chi connectivity index (χ3v) is 4.37. The highest BCUT2D eigenvalue weighted by atomic mass is 19.4. The highest BCUT2D eigenvalue weighted by Gasteiger charge is 2.31. The van der Waals surface area contributed by atoms with Crippen LogP contribution in [0.25, 0.3) is 0 Å². The molecule has 0 aliphatic carbocycles. The molecule has 0 spiro atoms. The minimum atomic E-state index is -4.32. The van der Waals surface area contributed by atoms with Crippen molar-refractivity contribution in [1.29, 1.82) is 0 Å². The third-order valence-electron chi connectivity index (χ3n) is 4.37. The first kappa shape index (κ1) is 19.0. The molecule has 0 bridgehead atoms. The fourth-order valence-electron chi connectivity index (χ4n) is 2.86. The van der Waals surface area contributed by atoms with Gasteiger partial charge in [0.1, 0.15) is 0 Å². The lowest BCUT2D eigenvalue weighted by molar-refractivity contribution is -0.137. The van der Waals surface area contributed by atoms with Gasteiger partial charge in [-0.05, 0) is 37.9 Å². The molecule has 136 valence electrons. The molecule has 0 unspecified atom stereocenters. The predicted molar refractivity (Wildman–Crippen MR) is 89.4 cm³/mol. The number of methoxy groups -OCH3 is 1. The van der Waals surface area contributed by atoms with Crippen LogP contribution in [0.4, 0.5) is 18.9 Å². The zero-order valence-electron chi connectivity index (χ0n) is 14.6. The van der Waals surface area contributed by atoms with Crippen molar-refractivity contribution in [2.75, 3.05) is 65.4 Å². The number of anilines is 1. The molecule has 0 radical (unpaired) electrons. The Morgan fingerprint density at radius 1 is 1.17 bits per heavy atom. The van der Waals surface area contributed by atoms with Crippen molar-refractivity contribution in [1.82, 2.24) is 9.80 Å². The fraction of sp³-hybridized carbons (Fsp3) is 0.647. The van der Waals surface area contributed by atoms with E-state index in [4.69, 9.17) is 4.74 Å². The molecule has 2 rings (SSSR count). The van der Waals surface area contributed by atoms with Crippen molar-refractivity contribution in [3.8, 4) is 0 Å². The van der Waals surface area contributed by atoms with E-state index >= 15 is 0 Å². The predicted octanol–water partition coefficient (Wildman–Crippen LogP) is 2.54. The van der Waals surface area contributed by atoms with E-state index in [2.05, 4.69) is 16.8 Å². The quantitative estimate of drug-likeness (QED) is 0.789. The molecule has 7 heteroatoms. The Balaban J connectivity index is 2.24. The van der Waals surface area contributed by atoms with Gasteiger partial charge in [-0.25, -0.2) is 0 Å². The molecule has 1 saturated heterocycles. The SMILES string of the molecule is COCCN(C)Cc1cc(C(F)(F)F)ccc1N1CCN(C)CC1. The molecule has 1 aliphatic rings. The van der Waals surface area contributed by atoms with Crippen LogP contribution in [0.3, 0.4) is 0 Å². The van der Waals surface area contributed by atoms with Gasteiger partial charge in [-0.15, -0.1) is 0 Å². The van der Waals surface area contributed by atoms with E-state index in [1.165, 1.54) is 12.1 Å². The summed E-state index contributed by atoms with van der Waals surface area (Å²) in [5.41, 5.74) is 1.03. The number of halogens is 3. The summed E-state index contributed by atoms with van der Waals surface area (Å²) in [6.45, 7) is 5.19. The second kappa shape index (κ2) is 8.18. The lowest BCUT2D eigenvalue weighted by Crippen LogP contribution is -2.45. The van der Waals surface area contributed by atoms with Gasteiger partial charge < -0.3 is 14.5 Å². The van der Waals surface area contributed by atoms with Crippen molar-refractivity contribution < 1.29 is 17.9 Å². The first-order valence-corrected chi connectivity index (χ1v) is 8.12. The van der Waals surface area contributed by atoms with E-state index in [-0.39, 0.29) is 0 Å². The molecule has 1 fully saturated rings. The van der Waals surface area contributed by atoms with Crippen LogP contribution in [-0.2, 0) is 17.5 Å². The summed E-state index contributed by atoms with van der Waals surface area (Å²) in [6.07, 6.45) is -4.32. The minimum Gasteiger partial charge on any atom is -0.383 e. The number of benzene rings is 1. The van der Waals surface area contributed by atoms with E-state index in [1.807, 2.05) is 11.9 Å². The van der Waals surface area contributed by atoms with Crippen molar-refractivity contribution in [3.63, 3.8) is 0 Å². The van der Waals surface area contributed by atoms with Gasteiger partial charge in [0.05, 0.1) is 12.2 Å². The molecule has 24 heavy (non-hydrogen) atoms. The lowest BCUT2D eigenvalue weighted by Gasteiger charge is -2.36. The largest absolute Gasteiger partial charge is 0.416 e. The normalized spacial score (nSPS) is 16.9. The first-order chi connectivity index (χ1) is 11.3. The van der Waals surface area contributed by atoms with Crippen LogP contribution in [0.15, 0.2) is 18.2 Å². The molecule has 0 amide bonds. The van der Waals surface area contributed by atoms with E-state index in [0.717, 1.165) is 31.9 Å². The monoisotopic (exact) mass is 345 g/mol. The summed E-state index contributed by atoms with van der Waals surface area (Å²) in [6, 6.07) is 4.09. The number of hydrogen-bond donors (Lipinski definition) is 0. The number of nitrogens with zero attached hydrogens (tertiary/aromatic N) is 3. The summed E-state index contributed by atoms with van der Waals surface area (Å²) in [7, 11) is 5.57. The fourth-order valence-corrected chi connectivity index (χ4v) is 2.86. The van der Waals surface area contributed by atoms with Gasteiger partial charge in [-0.1, -0.05) is 0 Å². The van der Waals surface area contributed by atoms with E-state index in [9.17, 15) is 13.2 Å². The Morgan fingerprint density at radius 2 is 1.83 bits per heavy atom. The number of ether oxygens (including phenoxy) is 1. The van der Waals surface area contributed by atoms with Crippen LogP contribution < -0.4 is 4.90 Å². The second-order valence-electron chi connectivity index (χ2n) is 6.36. The Morgan fingerprint density at radius 3 is 2.42 bits per heavy atom. The molecule has 0 saturated carbocycles. The maximum Gasteiger partial charge on any atom is 0.416 e. The van der Waals surface area contributed by atoms with Crippen LogP contribution >= 0.6 is 0 Å². The summed E-state index contributed by atoms with van der Waals surface area (Å²) in [5, 5.41) is 0. The summed E-state index contributed by atoms with van der Waals surface area (Å²) >= 11 is 0. The lowest BCUT2D eigenvalue weighted by atomic mass is 10.1. The Labute approximate surface area is 141 Å². The van der Waals surface area contributed by atoms with Crippen LogP contribution in [0, 0.1) is 0 Å². The maximum absolute atomic E-state index is 13.1. The number of hydrogen-bond acceptors (Lipinski definition) is 4. The van der Waals surface area contributed by atoms with E-state index in [1.54, 1.807) is 13.2 Å². The topological polar surface area (TPSA) is 19.0 Å².